The van der Waals surface area contributed by atoms with Crippen LogP contribution < -0.4 is 9.47 Å². The van der Waals surface area contributed by atoms with Gasteiger partial charge in [0.15, 0.2) is 5.60 Å². The molecule has 5 nitrogen and oxygen atoms in total. The fourth-order valence-electron chi connectivity index (χ4n) is 1.91. The van der Waals surface area contributed by atoms with Crippen LogP contribution in [0, 0.1) is 11.8 Å². The Morgan fingerprint density at radius 2 is 1.73 bits per heavy atom. The Labute approximate surface area is 131 Å². The standard InChI is InChI=1S/C17H21NO4/c1-17(2,22-16(19)18-8-5-9-18)7-6-13-10-14(20-3)12-15(11-13)21-4/h10-12H,5,8-9H2,1-4H3. The lowest BCUT2D eigenvalue weighted by Crippen LogP contribution is -2.45. The molecule has 1 aromatic carbocycles. The molecule has 22 heavy (non-hydrogen) atoms. The molecule has 0 unspecified atom stereocenters. The summed E-state index contributed by atoms with van der Waals surface area (Å²) in [5.41, 5.74) is -0.118. The second-order valence-electron chi connectivity index (χ2n) is 5.57. The van der Waals surface area contributed by atoms with Crippen LogP contribution in [0.5, 0.6) is 11.5 Å². The number of ether oxygens (including phenoxy) is 3. The second kappa shape index (κ2) is 6.61. The summed E-state index contributed by atoms with van der Waals surface area (Å²) in [6, 6.07) is 5.39. The third-order valence-corrected chi connectivity index (χ3v) is 3.32. The van der Waals surface area contributed by atoms with Crippen molar-refractivity contribution in [2.24, 2.45) is 0 Å². The van der Waals surface area contributed by atoms with Crippen LogP contribution in [0.4, 0.5) is 4.79 Å². The van der Waals surface area contributed by atoms with E-state index in [0.717, 1.165) is 25.1 Å². The maximum Gasteiger partial charge on any atom is 0.411 e. The van der Waals surface area contributed by atoms with Crippen molar-refractivity contribution in [2.75, 3.05) is 27.3 Å². The molecule has 0 bridgehead atoms. The van der Waals surface area contributed by atoms with Crippen molar-refractivity contribution < 1.29 is 19.0 Å². The number of nitrogens with zero attached hydrogens (tertiary/aromatic N) is 1. The minimum Gasteiger partial charge on any atom is -0.497 e. The van der Waals surface area contributed by atoms with Crippen molar-refractivity contribution in [2.45, 2.75) is 25.9 Å². The SMILES string of the molecule is COc1cc(C#CC(C)(C)OC(=O)N2CCC2)cc(OC)c1. The third-order valence-electron chi connectivity index (χ3n) is 3.32. The molecule has 1 fully saturated rings. The number of amides is 1. The van der Waals surface area contributed by atoms with E-state index in [1.807, 2.05) is 12.1 Å². The van der Waals surface area contributed by atoms with Crippen molar-refractivity contribution in [3.63, 3.8) is 0 Å². The first-order chi connectivity index (χ1) is 10.4. The quantitative estimate of drug-likeness (QED) is 0.806. The molecule has 0 radical (unpaired) electrons. The number of carbonyl (C=O) groups excluding carboxylic acids is 1. The van der Waals surface area contributed by atoms with Gasteiger partial charge in [-0.1, -0.05) is 11.8 Å². The molecule has 1 heterocycles. The highest BCUT2D eigenvalue weighted by Crippen LogP contribution is 2.22. The van der Waals surface area contributed by atoms with E-state index in [-0.39, 0.29) is 6.09 Å². The average molecular weight is 303 g/mol. The highest BCUT2D eigenvalue weighted by molar-refractivity contribution is 5.69. The molecule has 2 rings (SSSR count). The summed E-state index contributed by atoms with van der Waals surface area (Å²) in [5, 5.41) is 0. The van der Waals surface area contributed by atoms with Gasteiger partial charge in [-0.3, -0.25) is 0 Å². The second-order valence-corrected chi connectivity index (χ2v) is 5.57. The smallest absolute Gasteiger partial charge is 0.411 e. The molecule has 0 aliphatic carbocycles. The topological polar surface area (TPSA) is 48.0 Å². The van der Waals surface area contributed by atoms with E-state index in [1.165, 1.54) is 0 Å². The summed E-state index contributed by atoms with van der Waals surface area (Å²) in [6.07, 6.45) is 0.721. The zero-order chi connectivity index (χ0) is 16.2. The molecule has 1 aliphatic heterocycles. The summed E-state index contributed by atoms with van der Waals surface area (Å²) in [5.74, 6) is 7.32. The maximum atomic E-state index is 11.8. The van der Waals surface area contributed by atoms with Crippen molar-refractivity contribution >= 4 is 6.09 Å². The number of carbonyl (C=O) groups is 1. The zero-order valence-corrected chi connectivity index (χ0v) is 13.4. The van der Waals surface area contributed by atoms with E-state index in [4.69, 9.17) is 14.2 Å². The molecule has 0 N–H and O–H groups in total. The molecule has 0 spiro atoms. The summed E-state index contributed by atoms with van der Waals surface area (Å²) >= 11 is 0. The van der Waals surface area contributed by atoms with Gasteiger partial charge in [0.1, 0.15) is 11.5 Å². The van der Waals surface area contributed by atoms with Gasteiger partial charge in [0.25, 0.3) is 0 Å². The van der Waals surface area contributed by atoms with Crippen molar-refractivity contribution in [1.82, 2.24) is 4.90 Å². The van der Waals surface area contributed by atoms with Gasteiger partial charge in [0, 0.05) is 24.7 Å². The Balaban J connectivity index is 2.11. The van der Waals surface area contributed by atoms with Gasteiger partial charge in [-0.15, -0.1) is 0 Å². The highest BCUT2D eigenvalue weighted by atomic mass is 16.6. The summed E-state index contributed by atoms with van der Waals surface area (Å²) in [7, 11) is 3.18. The number of hydrogen-bond acceptors (Lipinski definition) is 4. The van der Waals surface area contributed by atoms with Crippen LogP contribution in [0.3, 0.4) is 0 Å². The van der Waals surface area contributed by atoms with E-state index in [1.54, 1.807) is 39.0 Å². The van der Waals surface area contributed by atoms with Crippen LogP contribution in [-0.4, -0.2) is 43.9 Å². The van der Waals surface area contributed by atoms with E-state index in [0.29, 0.717) is 11.5 Å². The predicted octanol–water partition coefficient (Wildman–Crippen LogP) is 2.68. The van der Waals surface area contributed by atoms with Gasteiger partial charge in [-0.05, 0) is 32.4 Å². The number of methoxy groups -OCH3 is 2. The number of rotatable bonds is 3. The molecule has 0 atom stereocenters. The van der Waals surface area contributed by atoms with Crippen LogP contribution in [0.25, 0.3) is 0 Å². The van der Waals surface area contributed by atoms with Crippen LogP contribution >= 0.6 is 0 Å². The summed E-state index contributed by atoms with van der Waals surface area (Å²) in [6.45, 7) is 5.06. The molecular weight excluding hydrogens is 282 g/mol. The van der Waals surface area contributed by atoms with Crippen LogP contribution in [0.2, 0.25) is 0 Å². The Morgan fingerprint density at radius 3 is 2.18 bits per heavy atom. The van der Waals surface area contributed by atoms with Crippen LogP contribution in [0.15, 0.2) is 18.2 Å². The maximum absolute atomic E-state index is 11.8. The molecule has 1 saturated heterocycles. The average Bonchev–Trinajstić information content (AvgIpc) is 2.42. The van der Waals surface area contributed by atoms with Gasteiger partial charge in [0.2, 0.25) is 0 Å². The number of benzene rings is 1. The van der Waals surface area contributed by atoms with Gasteiger partial charge < -0.3 is 19.1 Å². The zero-order valence-electron chi connectivity index (χ0n) is 13.4. The van der Waals surface area contributed by atoms with E-state index in [9.17, 15) is 4.79 Å². The minimum atomic E-state index is -0.858. The minimum absolute atomic E-state index is 0.311. The van der Waals surface area contributed by atoms with Crippen LogP contribution in [0.1, 0.15) is 25.8 Å². The summed E-state index contributed by atoms with van der Waals surface area (Å²) in [4.78, 5) is 13.5. The Bertz CT molecular complexity index is 587. The van der Waals surface area contributed by atoms with Gasteiger partial charge in [-0.2, -0.15) is 0 Å². The first-order valence-corrected chi connectivity index (χ1v) is 7.18. The monoisotopic (exact) mass is 303 g/mol. The molecule has 0 aromatic heterocycles. The first kappa shape index (κ1) is 16.0. The molecule has 5 heteroatoms. The van der Waals surface area contributed by atoms with Crippen LogP contribution in [-0.2, 0) is 4.74 Å². The van der Waals surface area contributed by atoms with Gasteiger partial charge in [-0.25, -0.2) is 4.79 Å². The summed E-state index contributed by atoms with van der Waals surface area (Å²) < 4.78 is 15.8. The molecular formula is C17H21NO4. The lowest BCUT2D eigenvalue weighted by atomic mass is 10.1. The normalized spacial score (nSPS) is 13.5. The number of hydrogen-bond donors (Lipinski definition) is 0. The Hall–Kier alpha value is -2.35. The van der Waals surface area contributed by atoms with Crippen molar-refractivity contribution in [3.8, 4) is 23.3 Å². The molecule has 1 aromatic rings. The van der Waals surface area contributed by atoms with E-state index in [2.05, 4.69) is 11.8 Å². The van der Waals surface area contributed by atoms with Crippen molar-refractivity contribution in [1.29, 1.82) is 0 Å². The fraction of sp³-hybridized carbons (Fsp3) is 0.471. The van der Waals surface area contributed by atoms with Gasteiger partial charge in [0.05, 0.1) is 14.2 Å². The Morgan fingerprint density at radius 1 is 1.14 bits per heavy atom. The molecule has 118 valence electrons. The molecule has 1 amide bonds. The third kappa shape index (κ3) is 4.08. The van der Waals surface area contributed by atoms with Crippen molar-refractivity contribution in [3.05, 3.63) is 23.8 Å². The van der Waals surface area contributed by atoms with E-state index < -0.39 is 5.60 Å². The fourth-order valence-corrected chi connectivity index (χ4v) is 1.91. The predicted molar refractivity (Wildman–Crippen MR) is 83.2 cm³/mol. The largest absolute Gasteiger partial charge is 0.497 e. The van der Waals surface area contributed by atoms with Gasteiger partial charge >= 0.3 is 6.09 Å². The molecule has 1 aliphatic rings. The Kier molecular flexibility index (Phi) is 4.81. The van der Waals surface area contributed by atoms with E-state index >= 15 is 0 Å². The number of likely N-dealkylation sites (tertiary alicyclic amines) is 1. The first-order valence-electron chi connectivity index (χ1n) is 7.18. The lowest BCUT2D eigenvalue weighted by Gasteiger charge is -2.32. The molecule has 0 saturated carbocycles. The lowest BCUT2D eigenvalue weighted by molar-refractivity contribution is 0.0319. The highest BCUT2D eigenvalue weighted by Gasteiger charge is 2.27.